The summed E-state index contributed by atoms with van der Waals surface area (Å²) in [5.74, 6) is 0. The molecule has 0 aromatic heterocycles. The van der Waals surface area contributed by atoms with E-state index in [9.17, 15) is 10.1 Å². The maximum atomic E-state index is 10.8. The third-order valence-corrected chi connectivity index (χ3v) is 4.21. The molecule has 0 bridgehead atoms. The van der Waals surface area contributed by atoms with Crippen molar-refractivity contribution in [1.82, 2.24) is 9.80 Å². The van der Waals surface area contributed by atoms with E-state index >= 15 is 0 Å². The Hall–Kier alpha value is -1.76. The largest absolute Gasteiger partial charge is 0.308 e. The molecule has 5 nitrogen and oxygen atoms in total. The van der Waals surface area contributed by atoms with E-state index in [0.717, 1.165) is 36.2 Å². The SMILES string of the molecule is CN(C)CCN(Cc1ccc([N+](=O)[O-])cc1)Cc1cccc(Br)c1. The third-order valence-electron chi connectivity index (χ3n) is 3.71. The molecular formula is C18H22BrN3O2. The number of non-ortho nitro benzene ring substituents is 1. The molecule has 0 aliphatic heterocycles. The lowest BCUT2D eigenvalue weighted by Gasteiger charge is -2.24. The average molecular weight is 392 g/mol. The van der Waals surface area contributed by atoms with Gasteiger partial charge in [0.2, 0.25) is 0 Å². The highest BCUT2D eigenvalue weighted by atomic mass is 79.9. The van der Waals surface area contributed by atoms with E-state index in [1.807, 2.05) is 24.3 Å². The Bertz CT molecular complexity index is 674. The minimum absolute atomic E-state index is 0.130. The summed E-state index contributed by atoms with van der Waals surface area (Å²) in [6, 6.07) is 15.1. The van der Waals surface area contributed by atoms with Gasteiger partial charge in [-0.05, 0) is 37.4 Å². The van der Waals surface area contributed by atoms with Gasteiger partial charge < -0.3 is 4.90 Å². The van der Waals surface area contributed by atoms with Gasteiger partial charge in [0.15, 0.2) is 0 Å². The number of rotatable bonds is 8. The quantitative estimate of drug-likeness (QED) is 0.505. The lowest BCUT2D eigenvalue weighted by atomic mass is 10.1. The Morgan fingerprint density at radius 3 is 2.25 bits per heavy atom. The first kappa shape index (κ1) is 18.6. The van der Waals surface area contributed by atoms with Gasteiger partial charge in [0.05, 0.1) is 4.92 Å². The smallest absolute Gasteiger partial charge is 0.269 e. The molecule has 0 amide bonds. The van der Waals surface area contributed by atoms with Crippen molar-refractivity contribution in [2.45, 2.75) is 13.1 Å². The van der Waals surface area contributed by atoms with Crippen LogP contribution in [-0.2, 0) is 13.1 Å². The Balaban J connectivity index is 2.08. The topological polar surface area (TPSA) is 49.6 Å². The number of hydrogen-bond donors (Lipinski definition) is 0. The second kappa shape index (κ2) is 8.92. The summed E-state index contributed by atoms with van der Waals surface area (Å²) in [5, 5.41) is 10.8. The molecule has 6 heteroatoms. The van der Waals surface area contributed by atoms with Crippen molar-refractivity contribution < 1.29 is 4.92 Å². The summed E-state index contributed by atoms with van der Waals surface area (Å²) < 4.78 is 1.07. The van der Waals surface area contributed by atoms with Crippen LogP contribution in [0.1, 0.15) is 11.1 Å². The van der Waals surface area contributed by atoms with Gasteiger partial charge in [-0.3, -0.25) is 15.0 Å². The van der Waals surface area contributed by atoms with Crippen LogP contribution in [0.5, 0.6) is 0 Å². The highest BCUT2D eigenvalue weighted by Gasteiger charge is 2.10. The Morgan fingerprint density at radius 1 is 1.00 bits per heavy atom. The van der Waals surface area contributed by atoms with Crippen molar-refractivity contribution in [1.29, 1.82) is 0 Å². The summed E-state index contributed by atoms with van der Waals surface area (Å²) in [6.45, 7) is 3.49. The fourth-order valence-electron chi connectivity index (χ4n) is 2.43. The Labute approximate surface area is 151 Å². The highest BCUT2D eigenvalue weighted by Crippen LogP contribution is 2.17. The number of nitro groups is 1. The van der Waals surface area contributed by atoms with Crippen molar-refractivity contribution in [3.8, 4) is 0 Å². The number of halogens is 1. The molecule has 0 saturated heterocycles. The average Bonchev–Trinajstić information content (AvgIpc) is 2.53. The van der Waals surface area contributed by atoms with Crippen molar-refractivity contribution >= 4 is 21.6 Å². The van der Waals surface area contributed by atoms with E-state index < -0.39 is 0 Å². The third kappa shape index (κ3) is 6.03. The van der Waals surface area contributed by atoms with Gasteiger partial charge in [-0.25, -0.2) is 0 Å². The first-order valence-corrected chi connectivity index (χ1v) is 8.58. The second-order valence-electron chi connectivity index (χ2n) is 6.07. The van der Waals surface area contributed by atoms with E-state index in [-0.39, 0.29) is 10.6 Å². The summed E-state index contributed by atoms with van der Waals surface area (Å²) in [6.07, 6.45) is 0. The molecule has 0 aliphatic rings. The van der Waals surface area contributed by atoms with Crippen LogP contribution in [0.4, 0.5) is 5.69 Å². The van der Waals surface area contributed by atoms with Gasteiger partial charge in [0.25, 0.3) is 5.69 Å². The van der Waals surface area contributed by atoms with Crippen molar-refractivity contribution in [3.05, 3.63) is 74.2 Å². The molecule has 0 aliphatic carbocycles. The molecule has 24 heavy (non-hydrogen) atoms. The summed E-state index contributed by atoms with van der Waals surface area (Å²) in [4.78, 5) is 14.9. The van der Waals surface area contributed by atoms with E-state index in [1.54, 1.807) is 12.1 Å². The molecule has 0 spiro atoms. The van der Waals surface area contributed by atoms with E-state index in [4.69, 9.17) is 0 Å². The van der Waals surface area contributed by atoms with Crippen LogP contribution in [0.25, 0.3) is 0 Å². The molecule has 2 aromatic rings. The van der Waals surface area contributed by atoms with Gasteiger partial charge in [0, 0.05) is 42.8 Å². The normalized spacial score (nSPS) is 11.2. The number of likely N-dealkylation sites (N-methyl/N-ethyl adjacent to an activating group) is 1. The van der Waals surface area contributed by atoms with Crippen molar-refractivity contribution in [2.75, 3.05) is 27.2 Å². The fraction of sp³-hybridized carbons (Fsp3) is 0.333. The van der Waals surface area contributed by atoms with Crippen LogP contribution in [0.3, 0.4) is 0 Å². The molecule has 0 saturated carbocycles. The van der Waals surface area contributed by atoms with Crippen LogP contribution in [0, 0.1) is 10.1 Å². The summed E-state index contributed by atoms with van der Waals surface area (Å²) in [7, 11) is 4.12. The number of hydrogen-bond acceptors (Lipinski definition) is 4. The van der Waals surface area contributed by atoms with Crippen LogP contribution < -0.4 is 0 Å². The highest BCUT2D eigenvalue weighted by molar-refractivity contribution is 9.10. The van der Waals surface area contributed by atoms with E-state index in [0.29, 0.717) is 0 Å². The van der Waals surface area contributed by atoms with Crippen molar-refractivity contribution in [2.24, 2.45) is 0 Å². The molecule has 2 rings (SSSR count). The molecule has 0 N–H and O–H groups in total. The number of nitrogens with zero attached hydrogens (tertiary/aromatic N) is 3. The van der Waals surface area contributed by atoms with Crippen LogP contribution in [0.15, 0.2) is 53.0 Å². The number of nitro benzene ring substituents is 1. The molecule has 2 aromatic carbocycles. The minimum Gasteiger partial charge on any atom is -0.308 e. The molecule has 0 unspecified atom stereocenters. The van der Waals surface area contributed by atoms with Crippen molar-refractivity contribution in [3.63, 3.8) is 0 Å². The maximum absolute atomic E-state index is 10.8. The molecule has 0 heterocycles. The zero-order valence-electron chi connectivity index (χ0n) is 14.0. The minimum atomic E-state index is -0.366. The summed E-state index contributed by atoms with van der Waals surface area (Å²) >= 11 is 3.51. The molecule has 0 atom stereocenters. The lowest BCUT2D eigenvalue weighted by Crippen LogP contribution is -2.31. The summed E-state index contributed by atoms with van der Waals surface area (Å²) in [5.41, 5.74) is 2.45. The predicted molar refractivity (Wildman–Crippen MR) is 99.9 cm³/mol. The van der Waals surface area contributed by atoms with E-state index in [2.05, 4.69) is 52.0 Å². The predicted octanol–water partition coefficient (Wildman–Crippen LogP) is 3.92. The zero-order chi connectivity index (χ0) is 17.5. The van der Waals surface area contributed by atoms with Gasteiger partial charge in [-0.2, -0.15) is 0 Å². The van der Waals surface area contributed by atoms with Gasteiger partial charge >= 0.3 is 0 Å². The molecular weight excluding hydrogens is 370 g/mol. The van der Waals surface area contributed by atoms with Gasteiger partial charge in [0.1, 0.15) is 0 Å². The van der Waals surface area contributed by atoms with Crippen LogP contribution in [-0.4, -0.2) is 41.9 Å². The monoisotopic (exact) mass is 391 g/mol. The second-order valence-corrected chi connectivity index (χ2v) is 6.98. The lowest BCUT2D eigenvalue weighted by molar-refractivity contribution is -0.384. The Kier molecular flexibility index (Phi) is 6.90. The molecule has 0 radical (unpaired) electrons. The van der Waals surface area contributed by atoms with Crippen LogP contribution >= 0.6 is 15.9 Å². The van der Waals surface area contributed by atoms with Crippen LogP contribution in [0.2, 0.25) is 0 Å². The first-order chi connectivity index (χ1) is 11.4. The maximum Gasteiger partial charge on any atom is 0.269 e. The fourth-order valence-corrected chi connectivity index (χ4v) is 2.88. The standard InChI is InChI=1S/C18H22BrN3O2/c1-20(2)10-11-21(14-16-4-3-5-17(19)12-16)13-15-6-8-18(9-7-15)22(23)24/h3-9,12H,10-11,13-14H2,1-2H3. The zero-order valence-corrected chi connectivity index (χ0v) is 15.6. The van der Waals surface area contributed by atoms with E-state index in [1.165, 1.54) is 5.56 Å². The van der Waals surface area contributed by atoms with Gasteiger partial charge in [-0.15, -0.1) is 0 Å². The molecule has 0 fully saturated rings. The number of benzene rings is 2. The Morgan fingerprint density at radius 2 is 1.67 bits per heavy atom. The van der Waals surface area contributed by atoms with Gasteiger partial charge in [-0.1, -0.05) is 40.2 Å². The molecule has 128 valence electrons. The first-order valence-electron chi connectivity index (χ1n) is 7.79.